The number of fused-ring (bicyclic) bond motifs is 1. The third-order valence-electron chi connectivity index (χ3n) is 2.96. The zero-order valence-corrected chi connectivity index (χ0v) is 12.8. The largest absolute Gasteiger partial charge is 0.490 e. The van der Waals surface area contributed by atoms with Gasteiger partial charge in [0.25, 0.3) is 0 Å². The zero-order chi connectivity index (χ0) is 14.4. The molecule has 0 saturated heterocycles. The molecule has 0 spiro atoms. The molecule has 0 aliphatic carbocycles. The number of hydrogen-bond acceptors (Lipinski definition) is 5. The van der Waals surface area contributed by atoms with Gasteiger partial charge in [-0.3, -0.25) is 4.79 Å². The number of methoxy groups -OCH3 is 1. The fourth-order valence-corrected chi connectivity index (χ4v) is 1.89. The summed E-state index contributed by atoms with van der Waals surface area (Å²) in [5.41, 5.74) is 6.58. The molecule has 0 bridgehead atoms. The van der Waals surface area contributed by atoms with E-state index in [1.165, 1.54) is 7.11 Å². The van der Waals surface area contributed by atoms with Crippen LogP contribution in [0.5, 0.6) is 11.5 Å². The Morgan fingerprint density at radius 2 is 2.10 bits per heavy atom. The predicted molar refractivity (Wildman–Crippen MR) is 81.0 cm³/mol. The van der Waals surface area contributed by atoms with Crippen LogP contribution in [-0.2, 0) is 16.1 Å². The first-order valence-electron chi connectivity index (χ1n) is 6.61. The molecule has 0 saturated carbocycles. The fourth-order valence-electron chi connectivity index (χ4n) is 1.89. The molecule has 1 heterocycles. The molecule has 1 atom stereocenters. The lowest BCUT2D eigenvalue weighted by Crippen LogP contribution is -2.43. The molecule has 1 aromatic carbocycles. The molecule has 21 heavy (non-hydrogen) atoms. The second-order valence-corrected chi connectivity index (χ2v) is 4.61. The summed E-state index contributed by atoms with van der Waals surface area (Å²) in [5, 5.41) is 2.77. The molecule has 1 unspecified atom stereocenters. The van der Waals surface area contributed by atoms with Crippen molar-refractivity contribution in [2.45, 2.75) is 19.0 Å². The molecule has 1 aliphatic rings. The van der Waals surface area contributed by atoms with Crippen LogP contribution in [0.2, 0.25) is 0 Å². The van der Waals surface area contributed by atoms with Crippen LogP contribution in [-0.4, -0.2) is 38.9 Å². The van der Waals surface area contributed by atoms with Gasteiger partial charge in [0.15, 0.2) is 11.5 Å². The van der Waals surface area contributed by atoms with E-state index in [-0.39, 0.29) is 24.9 Å². The molecule has 1 aromatic rings. The van der Waals surface area contributed by atoms with Crippen LogP contribution in [0.3, 0.4) is 0 Å². The minimum absolute atomic E-state index is 0. The summed E-state index contributed by atoms with van der Waals surface area (Å²) in [4.78, 5) is 11.7. The summed E-state index contributed by atoms with van der Waals surface area (Å²) in [5.74, 6) is 1.23. The van der Waals surface area contributed by atoms with Crippen molar-refractivity contribution in [3.05, 3.63) is 23.8 Å². The topological polar surface area (TPSA) is 82.8 Å². The van der Waals surface area contributed by atoms with E-state index < -0.39 is 6.04 Å². The average Bonchev–Trinajstić information content (AvgIpc) is 2.69. The number of ether oxygens (including phenoxy) is 3. The maximum absolute atomic E-state index is 11.7. The first-order valence-corrected chi connectivity index (χ1v) is 6.61. The van der Waals surface area contributed by atoms with E-state index in [0.29, 0.717) is 19.8 Å². The van der Waals surface area contributed by atoms with Crippen molar-refractivity contribution in [2.75, 3.05) is 26.9 Å². The third kappa shape index (κ3) is 5.08. The highest BCUT2D eigenvalue weighted by molar-refractivity contribution is 5.85. The Kier molecular flexibility index (Phi) is 7.28. The van der Waals surface area contributed by atoms with Crippen LogP contribution < -0.4 is 20.5 Å². The van der Waals surface area contributed by atoms with Crippen LogP contribution in [0.15, 0.2) is 18.2 Å². The molecular weight excluding hydrogens is 296 g/mol. The molecule has 0 radical (unpaired) electrons. The maximum atomic E-state index is 11.7. The van der Waals surface area contributed by atoms with Gasteiger partial charge in [0.05, 0.1) is 19.8 Å². The Morgan fingerprint density at radius 3 is 2.81 bits per heavy atom. The Morgan fingerprint density at radius 1 is 1.38 bits per heavy atom. The quantitative estimate of drug-likeness (QED) is 0.842. The first-order chi connectivity index (χ1) is 9.70. The molecule has 118 valence electrons. The van der Waals surface area contributed by atoms with E-state index in [9.17, 15) is 4.79 Å². The van der Waals surface area contributed by atoms with Crippen LogP contribution >= 0.6 is 12.4 Å². The molecular formula is C14H21ClN2O4. The Hall–Kier alpha value is -1.50. The van der Waals surface area contributed by atoms with E-state index in [1.807, 2.05) is 18.2 Å². The number of carbonyl (C=O) groups is 1. The summed E-state index contributed by atoms with van der Waals surface area (Å²) >= 11 is 0. The lowest BCUT2D eigenvalue weighted by molar-refractivity contribution is -0.123. The van der Waals surface area contributed by atoms with E-state index in [0.717, 1.165) is 23.5 Å². The number of benzene rings is 1. The maximum Gasteiger partial charge on any atom is 0.239 e. The minimum Gasteiger partial charge on any atom is -0.490 e. The highest BCUT2D eigenvalue weighted by Gasteiger charge is 2.14. The van der Waals surface area contributed by atoms with Gasteiger partial charge in [-0.25, -0.2) is 0 Å². The van der Waals surface area contributed by atoms with Crippen molar-refractivity contribution in [3.63, 3.8) is 0 Å². The number of amides is 1. The van der Waals surface area contributed by atoms with Crippen molar-refractivity contribution < 1.29 is 19.0 Å². The number of halogens is 1. The lowest BCUT2D eigenvalue weighted by Gasteiger charge is -2.12. The summed E-state index contributed by atoms with van der Waals surface area (Å²) in [7, 11) is 1.51. The highest BCUT2D eigenvalue weighted by Crippen LogP contribution is 2.30. The van der Waals surface area contributed by atoms with E-state index in [1.54, 1.807) is 0 Å². The minimum atomic E-state index is -0.652. The molecule has 1 aliphatic heterocycles. The number of rotatable bonds is 5. The van der Waals surface area contributed by atoms with Gasteiger partial charge in [-0.2, -0.15) is 0 Å². The van der Waals surface area contributed by atoms with Crippen molar-refractivity contribution in [2.24, 2.45) is 5.73 Å². The van der Waals surface area contributed by atoms with Gasteiger partial charge >= 0.3 is 0 Å². The third-order valence-corrected chi connectivity index (χ3v) is 2.96. The van der Waals surface area contributed by atoms with Crippen molar-refractivity contribution >= 4 is 18.3 Å². The summed E-state index contributed by atoms with van der Waals surface area (Å²) in [6.07, 6.45) is 0.868. The molecule has 2 rings (SSSR count). The van der Waals surface area contributed by atoms with Gasteiger partial charge in [0.2, 0.25) is 5.91 Å². The zero-order valence-electron chi connectivity index (χ0n) is 12.0. The molecule has 0 aromatic heterocycles. The van der Waals surface area contributed by atoms with Crippen molar-refractivity contribution in [3.8, 4) is 11.5 Å². The summed E-state index contributed by atoms with van der Waals surface area (Å²) in [6.45, 7) is 1.90. The first kappa shape index (κ1) is 17.6. The van der Waals surface area contributed by atoms with Gasteiger partial charge in [0.1, 0.15) is 6.04 Å². The number of nitrogens with two attached hydrogens (primary N) is 1. The van der Waals surface area contributed by atoms with Gasteiger partial charge in [-0.05, 0) is 17.7 Å². The van der Waals surface area contributed by atoms with Gasteiger partial charge in [0, 0.05) is 20.1 Å². The van der Waals surface area contributed by atoms with Crippen LogP contribution in [0, 0.1) is 0 Å². The second kappa shape index (κ2) is 8.71. The van der Waals surface area contributed by atoms with Gasteiger partial charge < -0.3 is 25.3 Å². The SMILES string of the molecule is COCC(N)C(=O)NCc1ccc2c(c1)OCCCO2.Cl. The van der Waals surface area contributed by atoms with Crippen LogP contribution in [0.1, 0.15) is 12.0 Å². The molecule has 3 N–H and O–H groups in total. The molecule has 1 amide bonds. The number of carbonyl (C=O) groups excluding carboxylic acids is 1. The average molecular weight is 317 g/mol. The molecule has 7 heteroatoms. The molecule has 6 nitrogen and oxygen atoms in total. The standard InChI is InChI=1S/C14H20N2O4.ClH/c1-18-9-11(15)14(17)16-8-10-3-4-12-13(7-10)20-6-2-5-19-12;/h3-4,7,11H,2,5-6,8-9,15H2,1H3,(H,16,17);1H. The monoisotopic (exact) mass is 316 g/mol. The normalized spacial score (nSPS) is 14.6. The molecule has 0 fully saturated rings. The van der Waals surface area contributed by atoms with Crippen LogP contribution in [0.4, 0.5) is 0 Å². The lowest BCUT2D eigenvalue weighted by atomic mass is 10.2. The van der Waals surface area contributed by atoms with Gasteiger partial charge in [-0.15, -0.1) is 12.4 Å². The van der Waals surface area contributed by atoms with E-state index >= 15 is 0 Å². The van der Waals surface area contributed by atoms with E-state index in [4.69, 9.17) is 19.9 Å². The second-order valence-electron chi connectivity index (χ2n) is 4.61. The van der Waals surface area contributed by atoms with Crippen LogP contribution in [0.25, 0.3) is 0 Å². The Balaban J connectivity index is 0.00000220. The van der Waals surface area contributed by atoms with Gasteiger partial charge in [-0.1, -0.05) is 6.07 Å². The predicted octanol–water partition coefficient (Wildman–Crippen LogP) is 0.860. The number of nitrogens with one attached hydrogen (secondary N) is 1. The smallest absolute Gasteiger partial charge is 0.239 e. The Bertz CT molecular complexity index is 470. The van der Waals surface area contributed by atoms with Crippen molar-refractivity contribution in [1.82, 2.24) is 5.32 Å². The summed E-state index contributed by atoms with van der Waals surface area (Å²) in [6, 6.07) is 4.98. The summed E-state index contributed by atoms with van der Waals surface area (Å²) < 4.78 is 16.0. The highest BCUT2D eigenvalue weighted by atomic mass is 35.5. The van der Waals surface area contributed by atoms with Crippen molar-refractivity contribution in [1.29, 1.82) is 0 Å². The van der Waals surface area contributed by atoms with E-state index in [2.05, 4.69) is 5.32 Å². The fraction of sp³-hybridized carbons (Fsp3) is 0.500. The Labute approximate surface area is 130 Å². The number of hydrogen-bond donors (Lipinski definition) is 2.